The zero-order valence-corrected chi connectivity index (χ0v) is 14.1. The second-order valence-corrected chi connectivity index (χ2v) is 5.68. The molecular formula is C20H20O4. The fourth-order valence-electron chi connectivity index (χ4n) is 2.84. The topological polar surface area (TPSA) is 48.7 Å². The first-order chi connectivity index (χ1) is 11.6. The Labute approximate surface area is 140 Å². The number of benzene rings is 2. The van der Waals surface area contributed by atoms with Crippen molar-refractivity contribution in [3.05, 3.63) is 69.6 Å². The van der Waals surface area contributed by atoms with E-state index in [1.54, 1.807) is 7.11 Å². The van der Waals surface area contributed by atoms with Crippen molar-refractivity contribution in [3.63, 3.8) is 0 Å². The molecule has 0 spiro atoms. The molecule has 0 aliphatic rings. The van der Waals surface area contributed by atoms with Gasteiger partial charge in [-0.25, -0.2) is 4.79 Å². The molecule has 0 unspecified atom stereocenters. The number of para-hydroxylation sites is 1. The molecule has 3 rings (SSSR count). The summed E-state index contributed by atoms with van der Waals surface area (Å²) in [7, 11) is 1.64. The second kappa shape index (κ2) is 6.79. The Morgan fingerprint density at radius 3 is 2.58 bits per heavy atom. The molecule has 0 bridgehead atoms. The monoisotopic (exact) mass is 324 g/mol. The molecule has 4 nitrogen and oxygen atoms in total. The summed E-state index contributed by atoms with van der Waals surface area (Å²) in [5.74, 6) is 1.51. The highest BCUT2D eigenvalue weighted by atomic mass is 16.5. The maximum absolute atomic E-state index is 11.7. The van der Waals surface area contributed by atoms with Crippen LogP contribution >= 0.6 is 0 Å². The van der Waals surface area contributed by atoms with Crippen LogP contribution in [0.15, 0.2) is 51.7 Å². The van der Waals surface area contributed by atoms with Crippen LogP contribution in [0.5, 0.6) is 11.5 Å². The average Bonchev–Trinajstić information content (AvgIpc) is 2.58. The lowest BCUT2D eigenvalue weighted by Crippen LogP contribution is -2.03. The summed E-state index contributed by atoms with van der Waals surface area (Å²) in [5.41, 5.74) is 3.10. The number of fused-ring (bicyclic) bond motifs is 1. The standard InChI is InChI=1S/C20H20O4/c1-4-14-11-19(21)24-18-10-13(2)9-17(20(14)18)23-12-15-7-5-6-8-16(15)22-3/h5-11H,4,12H2,1-3H3. The van der Waals surface area contributed by atoms with Gasteiger partial charge in [-0.15, -0.1) is 0 Å². The molecule has 0 aliphatic carbocycles. The Hall–Kier alpha value is -2.75. The first-order valence-electron chi connectivity index (χ1n) is 7.94. The molecule has 0 radical (unpaired) electrons. The van der Waals surface area contributed by atoms with E-state index in [0.29, 0.717) is 12.2 Å². The van der Waals surface area contributed by atoms with Crippen LogP contribution in [0.2, 0.25) is 0 Å². The maximum atomic E-state index is 11.7. The summed E-state index contributed by atoms with van der Waals surface area (Å²) < 4.78 is 16.8. The minimum Gasteiger partial charge on any atom is -0.496 e. The van der Waals surface area contributed by atoms with Crippen LogP contribution in [0.1, 0.15) is 23.6 Å². The van der Waals surface area contributed by atoms with Gasteiger partial charge in [-0.2, -0.15) is 0 Å². The highest BCUT2D eigenvalue weighted by Gasteiger charge is 2.12. The fraction of sp³-hybridized carbons (Fsp3) is 0.250. The van der Waals surface area contributed by atoms with Crippen molar-refractivity contribution in [2.75, 3.05) is 7.11 Å². The van der Waals surface area contributed by atoms with E-state index in [9.17, 15) is 4.79 Å². The summed E-state index contributed by atoms with van der Waals surface area (Å²) in [6.07, 6.45) is 0.732. The van der Waals surface area contributed by atoms with E-state index < -0.39 is 0 Å². The molecule has 0 aliphatic heterocycles. The summed E-state index contributed by atoms with van der Waals surface area (Å²) in [4.78, 5) is 11.7. The van der Waals surface area contributed by atoms with Gasteiger partial charge < -0.3 is 13.9 Å². The zero-order chi connectivity index (χ0) is 17.1. The van der Waals surface area contributed by atoms with Crippen molar-refractivity contribution in [2.45, 2.75) is 26.9 Å². The van der Waals surface area contributed by atoms with Crippen LogP contribution < -0.4 is 15.1 Å². The van der Waals surface area contributed by atoms with Gasteiger partial charge in [-0.3, -0.25) is 0 Å². The number of hydrogen-bond acceptors (Lipinski definition) is 4. The van der Waals surface area contributed by atoms with E-state index in [4.69, 9.17) is 13.9 Å². The number of rotatable bonds is 5. The Bertz CT molecular complexity index is 925. The van der Waals surface area contributed by atoms with Gasteiger partial charge in [-0.05, 0) is 42.7 Å². The minimum absolute atomic E-state index is 0.333. The molecule has 4 heteroatoms. The van der Waals surface area contributed by atoms with Crippen LogP contribution in [-0.4, -0.2) is 7.11 Å². The number of methoxy groups -OCH3 is 1. The highest BCUT2D eigenvalue weighted by molar-refractivity contribution is 5.87. The van der Waals surface area contributed by atoms with E-state index in [1.807, 2.05) is 50.2 Å². The summed E-state index contributed by atoms with van der Waals surface area (Å²) in [6, 6.07) is 13.1. The molecule has 0 saturated heterocycles. The quantitative estimate of drug-likeness (QED) is 0.658. The van der Waals surface area contributed by atoms with Gasteiger partial charge in [0.2, 0.25) is 0 Å². The number of ether oxygens (including phenoxy) is 2. The third kappa shape index (κ3) is 3.13. The van der Waals surface area contributed by atoms with Crippen LogP contribution in [0.4, 0.5) is 0 Å². The van der Waals surface area contributed by atoms with E-state index in [1.165, 1.54) is 6.07 Å². The van der Waals surface area contributed by atoms with Crippen molar-refractivity contribution in [3.8, 4) is 11.5 Å². The Kier molecular flexibility index (Phi) is 4.56. The van der Waals surface area contributed by atoms with Crippen LogP contribution in [0.25, 0.3) is 11.0 Å². The van der Waals surface area contributed by atoms with Gasteiger partial charge in [0.15, 0.2) is 0 Å². The Morgan fingerprint density at radius 2 is 1.83 bits per heavy atom. The van der Waals surface area contributed by atoms with E-state index in [0.717, 1.165) is 40.0 Å². The fourth-order valence-corrected chi connectivity index (χ4v) is 2.84. The molecule has 124 valence electrons. The Morgan fingerprint density at radius 1 is 1.04 bits per heavy atom. The molecule has 0 fully saturated rings. The first-order valence-corrected chi connectivity index (χ1v) is 7.94. The van der Waals surface area contributed by atoms with Crippen molar-refractivity contribution in [1.82, 2.24) is 0 Å². The summed E-state index contributed by atoms with van der Waals surface area (Å²) >= 11 is 0. The molecule has 0 atom stereocenters. The molecule has 24 heavy (non-hydrogen) atoms. The van der Waals surface area contributed by atoms with Crippen molar-refractivity contribution >= 4 is 11.0 Å². The summed E-state index contributed by atoms with van der Waals surface area (Å²) in [6.45, 7) is 4.34. The molecule has 0 amide bonds. The zero-order valence-electron chi connectivity index (χ0n) is 14.1. The third-order valence-corrected chi connectivity index (χ3v) is 3.99. The SMILES string of the molecule is CCc1cc(=O)oc2cc(C)cc(OCc3ccccc3OC)c12. The van der Waals surface area contributed by atoms with Crippen molar-refractivity contribution in [1.29, 1.82) is 0 Å². The lowest BCUT2D eigenvalue weighted by molar-refractivity contribution is 0.299. The molecule has 1 heterocycles. The van der Waals surface area contributed by atoms with E-state index >= 15 is 0 Å². The molecule has 2 aromatic carbocycles. The highest BCUT2D eigenvalue weighted by Crippen LogP contribution is 2.31. The second-order valence-electron chi connectivity index (χ2n) is 5.68. The largest absolute Gasteiger partial charge is 0.496 e. The molecule has 0 N–H and O–H groups in total. The smallest absolute Gasteiger partial charge is 0.336 e. The van der Waals surface area contributed by atoms with Crippen molar-refractivity contribution in [2.24, 2.45) is 0 Å². The Balaban J connectivity index is 2.04. The predicted octanol–water partition coefficient (Wildman–Crippen LogP) is 4.25. The van der Waals surface area contributed by atoms with Gasteiger partial charge in [0, 0.05) is 11.6 Å². The van der Waals surface area contributed by atoms with Gasteiger partial charge in [0.25, 0.3) is 0 Å². The predicted molar refractivity (Wildman–Crippen MR) is 93.9 cm³/mol. The lowest BCUT2D eigenvalue weighted by Gasteiger charge is -2.14. The number of hydrogen-bond donors (Lipinski definition) is 0. The van der Waals surface area contributed by atoms with E-state index in [2.05, 4.69) is 0 Å². The minimum atomic E-state index is -0.333. The van der Waals surface area contributed by atoms with Gasteiger partial charge in [0.1, 0.15) is 23.7 Å². The van der Waals surface area contributed by atoms with E-state index in [-0.39, 0.29) is 5.63 Å². The molecule has 0 saturated carbocycles. The van der Waals surface area contributed by atoms with Gasteiger partial charge >= 0.3 is 5.63 Å². The van der Waals surface area contributed by atoms with Gasteiger partial charge in [-0.1, -0.05) is 25.1 Å². The summed E-state index contributed by atoms with van der Waals surface area (Å²) in [5, 5.41) is 0.859. The van der Waals surface area contributed by atoms with Crippen LogP contribution in [0.3, 0.4) is 0 Å². The average molecular weight is 324 g/mol. The number of aryl methyl sites for hydroxylation is 2. The van der Waals surface area contributed by atoms with Crippen LogP contribution in [0, 0.1) is 6.92 Å². The normalized spacial score (nSPS) is 10.8. The van der Waals surface area contributed by atoms with Gasteiger partial charge in [0.05, 0.1) is 12.5 Å². The van der Waals surface area contributed by atoms with Crippen LogP contribution in [-0.2, 0) is 13.0 Å². The van der Waals surface area contributed by atoms with Crippen molar-refractivity contribution < 1.29 is 13.9 Å². The molecule has 3 aromatic rings. The third-order valence-electron chi connectivity index (χ3n) is 3.99. The molecular weight excluding hydrogens is 304 g/mol. The maximum Gasteiger partial charge on any atom is 0.336 e. The first kappa shape index (κ1) is 16.1. The molecule has 1 aromatic heterocycles. The lowest BCUT2D eigenvalue weighted by atomic mass is 10.0.